The predicted octanol–water partition coefficient (Wildman–Crippen LogP) is 8.19. The molecule has 0 heterocycles. The van der Waals surface area contributed by atoms with E-state index in [1.807, 2.05) is 54.6 Å². The van der Waals surface area contributed by atoms with Gasteiger partial charge >= 0.3 is 6.09 Å². The highest BCUT2D eigenvalue weighted by Crippen LogP contribution is 2.37. The zero-order valence-electron chi connectivity index (χ0n) is 22.0. The van der Waals surface area contributed by atoms with E-state index < -0.39 is 14.4 Å². The van der Waals surface area contributed by atoms with Gasteiger partial charge in [0, 0.05) is 22.7 Å². The average Bonchev–Trinajstić information content (AvgIpc) is 2.82. The second-order valence-electron chi connectivity index (χ2n) is 10.6. The van der Waals surface area contributed by atoms with Crippen LogP contribution in [0.4, 0.5) is 16.2 Å². The summed E-state index contributed by atoms with van der Waals surface area (Å²) >= 11 is 6.48. The molecule has 0 radical (unpaired) electrons. The van der Waals surface area contributed by atoms with Crippen LogP contribution >= 0.6 is 11.6 Å². The SMILES string of the molecule is CC(C)(C)[Si](C)(C)OCc1ccc(NC(=O)CCc2ccc(-c3ccccc3)c(NC(=O)O)c2)cc1Cl. The fourth-order valence-corrected chi connectivity index (χ4v) is 4.72. The minimum absolute atomic E-state index is 0.111. The third kappa shape index (κ3) is 7.92. The Hall–Kier alpha value is -3.13. The first-order valence-electron chi connectivity index (χ1n) is 12.3. The minimum Gasteiger partial charge on any atom is -0.465 e. The standard InChI is InChI=1S/C29H35ClN2O4Si/c1-29(2,3)37(4,5)36-19-22-13-14-23(18-25(22)30)31-27(33)16-12-20-11-15-24(21-9-7-6-8-10-21)26(17-20)32-28(34)35/h6-11,13-15,17-18,32H,12,16,19H2,1-5H3,(H,31,33)(H,34,35). The molecule has 0 fully saturated rings. The van der Waals surface area contributed by atoms with Crippen molar-refractivity contribution in [1.29, 1.82) is 0 Å². The van der Waals surface area contributed by atoms with Gasteiger partial charge in [-0.2, -0.15) is 0 Å². The maximum absolute atomic E-state index is 12.6. The average molecular weight is 539 g/mol. The number of hydrogen-bond donors (Lipinski definition) is 3. The second kappa shape index (κ2) is 11.9. The molecule has 3 aromatic rings. The summed E-state index contributed by atoms with van der Waals surface area (Å²) in [4.78, 5) is 23.9. The van der Waals surface area contributed by atoms with Gasteiger partial charge in [-0.3, -0.25) is 10.1 Å². The summed E-state index contributed by atoms with van der Waals surface area (Å²) in [5.41, 5.74) is 4.54. The Labute approximate surface area is 225 Å². The topological polar surface area (TPSA) is 87.7 Å². The molecule has 3 aromatic carbocycles. The van der Waals surface area contributed by atoms with Gasteiger partial charge in [0.1, 0.15) is 0 Å². The van der Waals surface area contributed by atoms with Crippen molar-refractivity contribution in [2.24, 2.45) is 0 Å². The van der Waals surface area contributed by atoms with Crippen molar-refractivity contribution in [2.45, 2.75) is 58.4 Å². The molecule has 3 N–H and O–H groups in total. The zero-order chi connectivity index (χ0) is 27.2. The van der Waals surface area contributed by atoms with Crippen LogP contribution in [0.5, 0.6) is 0 Å². The fourth-order valence-electron chi connectivity index (χ4n) is 3.53. The molecule has 0 aliphatic carbocycles. The number of anilines is 2. The molecule has 0 bridgehead atoms. The number of carbonyl (C=O) groups is 2. The summed E-state index contributed by atoms with van der Waals surface area (Å²) in [6, 6.07) is 20.6. The maximum Gasteiger partial charge on any atom is 0.409 e. The van der Waals surface area contributed by atoms with E-state index in [1.54, 1.807) is 12.1 Å². The number of carboxylic acid groups (broad SMARTS) is 1. The smallest absolute Gasteiger partial charge is 0.409 e. The van der Waals surface area contributed by atoms with E-state index in [2.05, 4.69) is 44.5 Å². The van der Waals surface area contributed by atoms with Crippen molar-refractivity contribution in [3.8, 4) is 11.1 Å². The summed E-state index contributed by atoms with van der Waals surface area (Å²) in [5.74, 6) is -0.152. The number of carbonyl (C=O) groups excluding carboxylic acids is 1. The summed E-state index contributed by atoms with van der Waals surface area (Å²) in [6.45, 7) is 11.4. The van der Waals surface area contributed by atoms with Gasteiger partial charge in [0.15, 0.2) is 8.32 Å². The molecule has 3 rings (SSSR count). The number of nitrogens with one attached hydrogen (secondary N) is 2. The third-order valence-electron chi connectivity index (χ3n) is 6.78. The van der Waals surface area contributed by atoms with Crippen LogP contribution in [0.2, 0.25) is 23.2 Å². The first kappa shape index (κ1) is 28.4. The van der Waals surface area contributed by atoms with Crippen LogP contribution in [-0.4, -0.2) is 25.4 Å². The van der Waals surface area contributed by atoms with Crippen molar-refractivity contribution < 1.29 is 19.1 Å². The molecule has 0 atom stereocenters. The Morgan fingerprint density at radius 2 is 1.68 bits per heavy atom. The van der Waals surface area contributed by atoms with Crippen molar-refractivity contribution in [2.75, 3.05) is 10.6 Å². The Bertz CT molecular complexity index is 1260. The molecule has 0 aliphatic heterocycles. The molecule has 0 saturated heterocycles. The van der Waals surface area contributed by atoms with Crippen LogP contribution in [-0.2, 0) is 22.2 Å². The maximum atomic E-state index is 12.6. The molecule has 37 heavy (non-hydrogen) atoms. The van der Waals surface area contributed by atoms with Crippen LogP contribution < -0.4 is 10.6 Å². The Kier molecular flexibility index (Phi) is 9.18. The van der Waals surface area contributed by atoms with Crippen LogP contribution in [0.25, 0.3) is 11.1 Å². The highest BCUT2D eigenvalue weighted by atomic mass is 35.5. The molecule has 196 valence electrons. The lowest BCUT2D eigenvalue weighted by Crippen LogP contribution is -2.40. The Morgan fingerprint density at radius 1 is 0.973 bits per heavy atom. The summed E-state index contributed by atoms with van der Waals surface area (Å²) in [7, 11) is -1.90. The number of benzene rings is 3. The lowest BCUT2D eigenvalue weighted by Gasteiger charge is -2.36. The Morgan fingerprint density at radius 3 is 2.30 bits per heavy atom. The summed E-state index contributed by atoms with van der Waals surface area (Å²) < 4.78 is 6.26. The van der Waals surface area contributed by atoms with E-state index in [9.17, 15) is 14.7 Å². The van der Waals surface area contributed by atoms with Gasteiger partial charge in [0.25, 0.3) is 0 Å². The van der Waals surface area contributed by atoms with Gasteiger partial charge in [-0.05, 0) is 59.4 Å². The number of amides is 2. The second-order valence-corrected chi connectivity index (χ2v) is 15.8. The van der Waals surface area contributed by atoms with E-state index >= 15 is 0 Å². The molecule has 2 amide bonds. The van der Waals surface area contributed by atoms with Gasteiger partial charge < -0.3 is 14.8 Å². The first-order chi connectivity index (χ1) is 17.4. The van der Waals surface area contributed by atoms with Gasteiger partial charge in [-0.25, -0.2) is 4.79 Å². The summed E-state index contributed by atoms with van der Waals surface area (Å²) in [5, 5.41) is 15.3. The molecule has 0 spiro atoms. The lowest BCUT2D eigenvalue weighted by atomic mass is 9.99. The monoisotopic (exact) mass is 538 g/mol. The number of rotatable bonds is 9. The Balaban J connectivity index is 1.62. The van der Waals surface area contributed by atoms with Crippen LogP contribution in [0.15, 0.2) is 66.7 Å². The third-order valence-corrected chi connectivity index (χ3v) is 11.6. The van der Waals surface area contributed by atoms with E-state index in [0.717, 1.165) is 22.3 Å². The van der Waals surface area contributed by atoms with E-state index in [-0.39, 0.29) is 17.4 Å². The van der Waals surface area contributed by atoms with Crippen LogP contribution in [0.1, 0.15) is 38.3 Å². The quantitative estimate of drug-likeness (QED) is 0.240. The highest BCUT2D eigenvalue weighted by Gasteiger charge is 2.37. The van der Waals surface area contributed by atoms with Gasteiger partial charge in [-0.1, -0.05) is 80.9 Å². The van der Waals surface area contributed by atoms with Crippen molar-refractivity contribution in [3.05, 3.63) is 82.9 Å². The van der Waals surface area contributed by atoms with Crippen molar-refractivity contribution in [3.63, 3.8) is 0 Å². The van der Waals surface area contributed by atoms with Crippen LogP contribution in [0.3, 0.4) is 0 Å². The normalized spacial score (nSPS) is 11.7. The van der Waals surface area contributed by atoms with Crippen molar-refractivity contribution in [1.82, 2.24) is 0 Å². The number of aryl methyl sites for hydroxylation is 1. The van der Waals surface area contributed by atoms with Gasteiger partial charge in [0.2, 0.25) is 5.91 Å². The largest absolute Gasteiger partial charge is 0.465 e. The van der Waals surface area contributed by atoms with Crippen molar-refractivity contribution >= 4 is 43.3 Å². The number of halogens is 1. The molecule has 0 aromatic heterocycles. The molecule has 0 aliphatic rings. The zero-order valence-corrected chi connectivity index (χ0v) is 23.8. The fraction of sp³-hybridized carbons (Fsp3) is 0.310. The minimum atomic E-state index is -1.90. The van der Waals surface area contributed by atoms with E-state index in [4.69, 9.17) is 16.0 Å². The van der Waals surface area contributed by atoms with Crippen LogP contribution in [0, 0.1) is 0 Å². The van der Waals surface area contributed by atoms with E-state index in [0.29, 0.717) is 29.4 Å². The molecule has 0 saturated carbocycles. The first-order valence-corrected chi connectivity index (χ1v) is 15.5. The predicted molar refractivity (Wildman–Crippen MR) is 154 cm³/mol. The molecule has 0 unspecified atom stereocenters. The van der Waals surface area contributed by atoms with Gasteiger partial charge in [0.05, 0.1) is 12.3 Å². The highest BCUT2D eigenvalue weighted by molar-refractivity contribution is 6.74. The lowest BCUT2D eigenvalue weighted by molar-refractivity contribution is -0.116. The molecule has 8 heteroatoms. The number of hydrogen-bond acceptors (Lipinski definition) is 3. The molecular weight excluding hydrogens is 504 g/mol. The summed E-state index contributed by atoms with van der Waals surface area (Å²) in [6.07, 6.45) is -0.436. The molecular formula is C29H35ClN2O4Si. The van der Waals surface area contributed by atoms with Gasteiger partial charge in [-0.15, -0.1) is 0 Å². The van der Waals surface area contributed by atoms with E-state index in [1.165, 1.54) is 0 Å². The molecule has 6 nitrogen and oxygen atoms in total.